The van der Waals surface area contributed by atoms with Crippen molar-refractivity contribution in [3.8, 4) is 0 Å². The number of aryl methyl sites for hydroxylation is 1. The Balaban J connectivity index is 1.58. The Morgan fingerprint density at radius 1 is 0.923 bits per heavy atom. The summed E-state index contributed by atoms with van der Waals surface area (Å²) in [6.07, 6.45) is 0.888. The normalized spacial score (nSPS) is 10.3. The molecular weight excluding hydrogens is 324 g/mol. The van der Waals surface area contributed by atoms with Crippen molar-refractivity contribution in [2.75, 3.05) is 11.9 Å². The molecule has 1 aromatic heterocycles. The summed E-state index contributed by atoms with van der Waals surface area (Å²) in [5.74, 6) is 1.03. The number of hydrogen-bond acceptors (Lipinski definition) is 4. The molecule has 1 heterocycles. The van der Waals surface area contributed by atoms with Crippen molar-refractivity contribution in [1.82, 2.24) is 15.3 Å². The van der Waals surface area contributed by atoms with Crippen LogP contribution in [0.25, 0.3) is 0 Å². The molecule has 0 unspecified atom stereocenters. The topological polar surface area (TPSA) is 66.9 Å². The van der Waals surface area contributed by atoms with E-state index in [0.717, 1.165) is 18.5 Å². The molecule has 0 bridgehead atoms. The highest BCUT2D eigenvalue weighted by molar-refractivity contribution is 5.92. The van der Waals surface area contributed by atoms with E-state index >= 15 is 0 Å². The van der Waals surface area contributed by atoms with Gasteiger partial charge in [-0.2, -0.15) is 0 Å². The van der Waals surface area contributed by atoms with Crippen LogP contribution in [-0.4, -0.2) is 22.4 Å². The monoisotopic (exact) mass is 346 g/mol. The second-order valence-corrected chi connectivity index (χ2v) is 6.02. The summed E-state index contributed by atoms with van der Waals surface area (Å²) in [5.41, 5.74) is 2.68. The SMILES string of the molecule is Cc1nc(NCCc2ccccc2)cc(C(=O)NCc2ccccc2)n1. The van der Waals surface area contributed by atoms with E-state index in [4.69, 9.17) is 0 Å². The third-order valence-corrected chi connectivity index (χ3v) is 3.93. The standard InChI is InChI=1S/C21H22N4O/c1-16-24-19(21(26)23-15-18-10-6-3-7-11-18)14-20(25-16)22-13-12-17-8-4-2-5-9-17/h2-11,14H,12-13,15H2,1H3,(H,23,26)(H,22,24,25). The molecule has 0 fully saturated rings. The Kier molecular flexibility index (Phi) is 5.93. The van der Waals surface area contributed by atoms with Gasteiger partial charge in [0.1, 0.15) is 17.3 Å². The van der Waals surface area contributed by atoms with Crippen molar-refractivity contribution in [2.45, 2.75) is 19.9 Å². The lowest BCUT2D eigenvalue weighted by atomic mass is 10.1. The van der Waals surface area contributed by atoms with Crippen molar-refractivity contribution in [3.05, 3.63) is 89.4 Å². The smallest absolute Gasteiger partial charge is 0.270 e. The predicted octanol–water partition coefficient (Wildman–Crippen LogP) is 3.37. The quantitative estimate of drug-likeness (QED) is 0.688. The lowest BCUT2D eigenvalue weighted by molar-refractivity contribution is 0.0945. The van der Waals surface area contributed by atoms with Crippen molar-refractivity contribution in [2.24, 2.45) is 0 Å². The van der Waals surface area contributed by atoms with Crippen molar-refractivity contribution in [3.63, 3.8) is 0 Å². The summed E-state index contributed by atoms with van der Waals surface area (Å²) in [5, 5.41) is 6.17. The molecule has 5 nitrogen and oxygen atoms in total. The van der Waals surface area contributed by atoms with E-state index in [1.165, 1.54) is 5.56 Å². The summed E-state index contributed by atoms with van der Waals surface area (Å²) in [7, 11) is 0. The van der Waals surface area contributed by atoms with Gasteiger partial charge in [0.15, 0.2) is 0 Å². The van der Waals surface area contributed by atoms with Gasteiger partial charge in [-0.15, -0.1) is 0 Å². The van der Waals surface area contributed by atoms with E-state index in [-0.39, 0.29) is 5.91 Å². The van der Waals surface area contributed by atoms with Crippen LogP contribution in [-0.2, 0) is 13.0 Å². The van der Waals surface area contributed by atoms with E-state index in [1.807, 2.05) is 48.5 Å². The molecule has 3 aromatic rings. The van der Waals surface area contributed by atoms with Gasteiger partial charge in [0, 0.05) is 19.2 Å². The highest BCUT2D eigenvalue weighted by Crippen LogP contribution is 2.08. The number of nitrogens with one attached hydrogen (secondary N) is 2. The molecule has 0 atom stereocenters. The number of benzene rings is 2. The molecule has 0 aliphatic rings. The maximum Gasteiger partial charge on any atom is 0.270 e. The number of nitrogens with zero attached hydrogens (tertiary/aromatic N) is 2. The third-order valence-electron chi connectivity index (χ3n) is 3.93. The van der Waals surface area contributed by atoms with Gasteiger partial charge in [-0.3, -0.25) is 4.79 Å². The maximum atomic E-state index is 12.4. The van der Waals surface area contributed by atoms with Gasteiger partial charge in [0.25, 0.3) is 5.91 Å². The largest absolute Gasteiger partial charge is 0.370 e. The van der Waals surface area contributed by atoms with Gasteiger partial charge in [-0.25, -0.2) is 9.97 Å². The average molecular weight is 346 g/mol. The van der Waals surface area contributed by atoms with Crippen molar-refractivity contribution in [1.29, 1.82) is 0 Å². The molecule has 1 amide bonds. The first-order valence-corrected chi connectivity index (χ1v) is 8.66. The second kappa shape index (κ2) is 8.76. The van der Waals surface area contributed by atoms with Crippen LogP contribution >= 0.6 is 0 Å². The van der Waals surface area contributed by atoms with Crippen molar-refractivity contribution >= 4 is 11.7 Å². The molecule has 0 spiro atoms. The van der Waals surface area contributed by atoms with Crippen LogP contribution in [0.5, 0.6) is 0 Å². The first-order valence-electron chi connectivity index (χ1n) is 8.66. The second-order valence-electron chi connectivity index (χ2n) is 6.02. The molecule has 26 heavy (non-hydrogen) atoms. The molecular formula is C21H22N4O. The fraction of sp³-hybridized carbons (Fsp3) is 0.190. The van der Waals surface area contributed by atoms with E-state index in [1.54, 1.807) is 13.0 Å². The van der Waals surface area contributed by atoms with Gasteiger partial charge in [0.05, 0.1) is 0 Å². The lowest BCUT2D eigenvalue weighted by Crippen LogP contribution is -2.24. The number of aromatic nitrogens is 2. The molecule has 0 aliphatic carbocycles. The molecule has 0 aliphatic heterocycles. The molecule has 0 saturated carbocycles. The van der Waals surface area contributed by atoms with Crippen LogP contribution < -0.4 is 10.6 Å². The first-order chi connectivity index (χ1) is 12.7. The minimum atomic E-state index is -0.203. The fourth-order valence-electron chi connectivity index (χ4n) is 2.62. The third kappa shape index (κ3) is 5.14. The van der Waals surface area contributed by atoms with Crippen LogP contribution in [0.2, 0.25) is 0 Å². The summed E-state index contributed by atoms with van der Waals surface area (Å²) < 4.78 is 0. The summed E-state index contributed by atoms with van der Waals surface area (Å²) in [4.78, 5) is 21.0. The van der Waals surface area contributed by atoms with Gasteiger partial charge >= 0.3 is 0 Å². The fourth-order valence-corrected chi connectivity index (χ4v) is 2.62. The minimum Gasteiger partial charge on any atom is -0.370 e. The Hall–Kier alpha value is -3.21. The van der Waals surface area contributed by atoms with Crippen LogP contribution in [0, 0.1) is 6.92 Å². The molecule has 2 aromatic carbocycles. The number of anilines is 1. The van der Waals surface area contributed by atoms with Crippen LogP contribution in [0.4, 0.5) is 5.82 Å². The van der Waals surface area contributed by atoms with E-state index in [2.05, 4.69) is 32.7 Å². The number of rotatable bonds is 7. The van der Waals surface area contributed by atoms with E-state index in [0.29, 0.717) is 23.9 Å². The number of carbonyl (C=O) groups is 1. The van der Waals surface area contributed by atoms with Crippen LogP contribution in [0.3, 0.4) is 0 Å². The zero-order chi connectivity index (χ0) is 18.2. The maximum absolute atomic E-state index is 12.4. The zero-order valence-corrected chi connectivity index (χ0v) is 14.8. The Morgan fingerprint density at radius 2 is 1.58 bits per heavy atom. The summed E-state index contributed by atoms with van der Waals surface area (Å²) in [6.45, 7) is 3.00. The molecule has 0 radical (unpaired) electrons. The Morgan fingerprint density at radius 3 is 2.27 bits per heavy atom. The molecule has 2 N–H and O–H groups in total. The van der Waals surface area contributed by atoms with Gasteiger partial charge in [-0.05, 0) is 24.5 Å². The highest BCUT2D eigenvalue weighted by atomic mass is 16.1. The molecule has 5 heteroatoms. The average Bonchev–Trinajstić information content (AvgIpc) is 2.67. The lowest BCUT2D eigenvalue weighted by Gasteiger charge is -2.09. The minimum absolute atomic E-state index is 0.203. The van der Waals surface area contributed by atoms with Crippen LogP contribution in [0.15, 0.2) is 66.7 Å². The van der Waals surface area contributed by atoms with Gasteiger partial charge in [0.2, 0.25) is 0 Å². The first kappa shape index (κ1) is 17.6. The predicted molar refractivity (Wildman–Crippen MR) is 103 cm³/mol. The molecule has 0 saturated heterocycles. The van der Waals surface area contributed by atoms with E-state index < -0.39 is 0 Å². The summed E-state index contributed by atoms with van der Waals surface area (Å²) >= 11 is 0. The van der Waals surface area contributed by atoms with Gasteiger partial charge < -0.3 is 10.6 Å². The van der Waals surface area contributed by atoms with E-state index in [9.17, 15) is 4.79 Å². The summed E-state index contributed by atoms with van der Waals surface area (Å²) in [6, 6.07) is 21.7. The Bertz CT molecular complexity index is 850. The molecule has 132 valence electrons. The highest BCUT2D eigenvalue weighted by Gasteiger charge is 2.10. The van der Waals surface area contributed by atoms with Crippen LogP contribution in [0.1, 0.15) is 27.4 Å². The number of carbonyl (C=O) groups excluding carboxylic acids is 1. The Labute approximate surface area is 153 Å². The van der Waals surface area contributed by atoms with Gasteiger partial charge in [-0.1, -0.05) is 60.7 Å². The molecule has 3 rings (SSSR count). The zero-order valence-electron chi connectivity index (χ0n) is 14.8. The van der Waals surface area contributed by atoms with Crippen molar-refractivity contribution < 1.29 is 4.79 Å². The number of amides is 1. The number of hydrogen-bond donors (Lipinski definition) is 2.